The molecule has 0 aliphatic carbocycles. The third kappa shape index (κ3) is 6.95. The Morgan fingerprint density at radius 1 is 1.03 bits per heavy atom. The number of anilines is 2. The first-order valence-corrected chi connectivity index (χ1v) is 11.6. The normalized spacial score (nSPS) is 12.3. The number of nitrogens with zero attached hydrogens (tertiary/aromatic N) is 1. The number of carbonyl (C=O) groups excluding carboxylic acids is 3. The van der Waals surface area contributed by atoms with E-state index in [0.29, 0.717) is 17.8 Å². The van der Waals surface area contributed by atoms with Crippen molar-refractivity contribution in [2.75, 3.05) is 10.6 Å². The number of carbonyl (C=O) groups is 4. The molecule has 6 N–H and O–H groups in total. The van der Waals surface area contributed by atoms with E-state index in [1.807, 2.05) is 30.3 Å². The van der Waals surface area contributed by atoms with E-state index < -0.39 is 29.9 Å². The Kier molecular flexibility index (Phi) is 8.65. The Morgan fingerprint density at radius 3 is 2.34 bits per heavy atom. The van der Waals surface area contributed by atoms with Gasteiger partial charge in [-0.25, -0.2) is 9.78 Å². The predicted molar refractivity (Wildman–Crippen MR) is 132 cm³/mol. The molecule has 3 aromatic rings. The number of aromatic nitrogens is 1. The Morgan fingerprint density at radius 2 is 1.71 bits per heavy atom. The van der Waals surface area contributed by atoms with Crippen LogP contribution in [-0.4, -0.2) is 39.8 Å². The zero-order chi connectivity index (χ0) is 25.4. The lowest BCUT2D eigenvalue weighted by molar-refractivity contribution is -0.141. The summed E-state index contributed by atoms with van der Waals surface area (Å²) in [5, 5.41) is 19.0. The SMILES string of the molecule is CCC(=O)C(c1ccc(NC(=O)c2csc(NC(=O)NCc3ccccc3)n2)cc1)C(N)C(=O)O. The maximum absolute atomic E-state index is 12.5. The van der Waals surface area contributed by atoms with E-state index in [1.54, 1.807) is 31.2 Å². The van der Waals surface area contributed by atoms with Gasteiger partial charge in [-0.1, -0.05) is 49.4 Å². The van der Waals surface area contributed by atoms with Crippen LogP contribution in [-0.2, 0) is 16.1 Å². The predicted octanol–water partition coefficient (Wildman–Crippen LogP) is 3.19. The minimum Gasteiger partial charge on any atom is -0.480 e. The standard InChI is InChI=1S/C24H25N5O5S/c1-2-18(30)19(20(25)22(32)33)15-8-10-16(11-9-15)27-21(31)17-13-35-24(28-17)29-23(34)26-12-14-6-4-3-5-7-14/h3-11,13,19-20H,2,12,25H2,1H3,(H,27,31)(H,32,33)(H2,26,28,29,34). The molecule has 0 saturated carbocycles. The highest BCUT2D eigenvalue weighted by Crippen LogP contribution is 2.24. The molecule has 0 bridgehead atoms. The Balaban J connectivity index is 1.58. The summed E-state index contributed by atoms with van der Waals surface area (Å²) < 4.78 is 0. The molecule has 3 amide bonds. The van der Waals surface area contributed by atoms with Crippen LogP contribution in [0, 0.1) is 0 Å². The van der Waals surface area contributed by atoms with Gasteiger partial charge in [0.25, 0.3) is 5.91 Å². The number of carboxylic acids is 1. The van der Waals surface area contributed by atoms with E-state index in [1.165, 1.54) is 5.38 Å². The number of rotatable bonds is 10. The summed E-state index contributed by atoms with van der Waals surface area (Å²) in [6, 6.07) is 13.8. The fourth-order valence-corrected chi connectivity index (χ4v) is 3.97. The number of ketones is 1. The van der Waals surface area contributed by atoms with Crippen molar-refractivity contribution < 1.29 is 24.3 Å². The van der Waals surface area contributed by atoms with Gasteiger partial charge in [-0.15, -0.1) is 11.3 Å². The van der Waals surface area contributed by atoms with Crippen LogP contribution in [0.3, 0.4) is 0 Å². The monoisotopic (exact) mass is 495 g/mol. The molecular weight excluding hydrogens is 470 g/mol. The number of benzene rings is 2. The summed E-state index contributed by atoms with van der Waals surface area (Å²) in [6.45, 7) is 1.99. The highest BCUT2D eigenvalue weighted by Gasteiger charge is 2.31. The second-order valence-corrected chi connectivity index (χ2v) is 8.43. The fourth-order valence-electron chi connectivity index (χ4n) is 3.28. The van der Waals surface area contributed by atoms with Gasteiger partial charge in [-0.05, 0) is 23.3 Å². The number of nitrogens with one attached hydrogen (secondary N) is 3. The molecule has 1 aromatic heterocycles. The van der Waals surface area contributed by atoms with Crippen LogP contribution >= 0.6 is 11.3 Å². The number of hydrogen-bond acceptors (Lipinski definition) is 7. The maximum Gasteiger partial charge on any atom is 0.321 e. The van der Waals surface area contributed by atoms with Crippen molar-refractivity contribution in [3.63, 3.8) is 0 Å². The molecular formula is C24H25N5O5S. The molecule has 0 aliphatic rings. The molecule has 182 valence electrons. The number of aliphatic carboxylic acids is 1. The van der Waals surface area contributed by atoms with Gasteiger partial charge in [0.15, 0.2) is 5.13 Å². The fraction of sp³-hybridized carbons (Fsp3) is 0.208. The van der Waals surface area contributed by atoms with E-state index in [-0.39, 0.29) is 23.0 Å². The number of Topliss-reactive ketones (excluding diaryl/α,β-unsaturated/α-hetero) is 1. The van der Waals surface area contributed by atoms with Crippen LogP contribution in [0.2, 0.25) is 0 Å². The van der Waals surface area contributed by atoms with Crippen molar-refractivity contribution in [1.82, 2.24) is 10.3 Å². The second kappa shape index (κ2) is 11.9. The molecule has 0 aliphatic heterocycles. The van der Waals surface area contributed by atoms with Crippen LogP contribution < -0.4 is 21.7 Å². The van der Waals surface area contributed by atoms with Crippen LogP contribution in [0.15, 0.2) is 60.0 Å². The van der Waals surface area contributed by atoms with Crippen molar-refractivity contribution in [2.24, 2.45) is 5.73 Å². The quantitative estimate of drug-likeness (QED) is 0.288. The van der Waals surface area contributed by atoms with Gasteiger partial charge < -0.3 is 21.5 Å². The second-order valence-electron chi connectivity index (χ2n) is 7.57. The number of hydrogen-bond donors (Lipinski definition) is 5. The van der Waals surface area contributed by atoms with Crippen molar-refractivity contribution in [3.8, 4) is 0 Å². The van der Waals surface area contributed by atoms with Gasteiger partial charge in [-0.3, -0.25) is 19.7 Å². The van der Waals surface area contributed by atoms with Gasteiger partial charge >= 0.3 is 12.0 Å². The highest BCUT2D eigenvalue weighted by atomic mass is 32.1. The van der Waals surface area contributed by atoms with E-state index in [4.69, 9.17) is 5.73 Å². The molecule has 1 heterocycles. The van der Waals surface area contributed by atoms with Crippen molar-refractivity contribution in [3.05, 3.63) is 76.8 Å². The van der Waals surface area contributed by atoms with Crippen LogP contribution in [0.25, 0.3) is 0 Å². The minimum absolute atomic E-state index is 0.115. The third-order valence-corrected chi connectivity index (χ3v) is 5.88. The van der Waals surface area contributed by atoms with Crippen molar-refractivity contribution in [1.29, 1.82) is 0 Å². The van der Waals surface area contributed by atoms with E-state index >= 15 is 0 Å². The summed E-state index contributed by atoms with van der Waals surface area (Å²) in [5.41, 5.74) is 7.66. The third-order valence-electron chi connectivity index (χ3n) is 5.12. The Labute approximate surface area is 205 Å². The highest BCUT2D eigenvalue weighted by molar-refractivity contribution is 7.14. The number of nitrogens with two attached hydrogens (primary N) is 1. The molecule has 2 atom stereocenters. The first kappa shape index (κ1) is 25.5. The molecule has 11 heteroatoms. The van der Waals surface area contributed by atoms with Crippen LogP contribution in [0.4, 0.5) is 15.6 Å². The van der Waals surface area contributed by atoms with Gasteiger partial charge in [0, 0.05) is 24.0 Å². The maximum atomic E-state index is 12.5. The number of thiazole rings is 1. The Hall–Kier alpha value is -4.09. The summed E-state index contributed by atoms with van der Waals surface area (Å²) >= 11 is 1.11. The molecule has 3 rings (SSSR count). The first-order chi connectivity index (χ1) is 16.8. The number of amides is 3. The smallest absolute Gasteiger partial charge is 0.321 e. The van der Waals surface area contributed by atoms with Crippen molar-refractivity contribution >= 4 is 45.8 Å². The minimum atomic E-state index is -1.37. The lowest BCUT2D eigenvalue weighted by Gasteiger charge is -2.20. The van der Waals surface area contributed by atoms with Gasteiger partial charge in [-0.2, -0.15) is 0 Å². The zero-order valence-electron chi connectivity index (χ0n) is 18.9. The molecule has 35 heavy (non-hydrogen) atoms. The average molecular weight is 496 g/mol. The lowest BCUT2D eigenvalue weighted by Crippen LogP contribution is -2.40. The average Bonchev–Trinajstić information content (AvgIpc) is 3.33. The van der Waals surface area contributed by atoms with Gasteiger partial charge in [0.05, 0.1) is 5.92 Å². The molecule has 0 saturated heterocycles. The van der Waals surface area contributed by atoms with Crippen LogP contribution in [0.5, 0.6) is 0 Å². The van der Waals surface area contributed by atoms with E-state index in [0.717, 1.165) is 16.9 Å². The molecule has 2 unspecified atom stereocenters. The van der Waals surface area contributed by atoms with Crippen LogP contribution in [0.1, 0.15) is 40.9 Å². The van der Waals surface area contributed by atoms with Gasteiger partial charge in [0.2, 0.25) is 0 Å². The Bertz CT molecular complexity index is 1200. The largest absolute Gasteiger partial charge is 0.480 e. The molecule has 2 aromatic carbocycles. The number of carboxylic acid groups (broad SMARTS) is 1. The molecule has 10 nitrogen and oxygen atoms in total. The first-order valence-electron chi connectivity index (χ1n) is 10.7. The van der Waals surface area contributed by atoms with Gasteiger partial charge in [0.1, 0.15) is 17.5 Å². The van der Waals surface area contributed by atoms with E-state index in [9.17, 15) is 24.3 Å². The topological polar surface area (TPSA) is 164 Å². The molecule has 0 radical (unpaired) electrons. The van der Waals surface area contributed by atoms with E-state index in [2.05, 4.69) is 20.9 Å². The summed E-state index contributed by atoms with van der Waals surface area (Å²) in [5.74, 6) is -3.03. The zero-order valence-corrected chi connectivity index (χ0v) is 19.7. The summed E-state index contributed by atoms with van der Waals surface area (Å²) in [4.78, 5) is 52.3. The lowest BCUT2D eigenvalue weighted by atomic mass is 9.87. The van der Waals surface area contributed by atoms with Crippen molar-refractivity contribution in [2.45, 2.75) is 31.8 Å². The molecule has 0 spiro atoms. The number of urea groups is 1. The summed E-state index contributed by atoms with van der Waals surface area (Å²) in [7, 11) is 0. The molecule has 0 fully saturated rings. The summed E-state index contributed by atoms with van der Waals surface area (Å²) in [6.07, 6.45) is 0.147.